The smallest absolute Gasteiger partial charge is 0.387 e. The number of urea groups is 1. The summed E-state index contributed by atoms with van der Waals surface area (Å²) in [5.74, 6) is -0.959. The number of amides is 4. The summed E-state index contributed by atoms with van der Waals surface area (Å²) in [6.45, 7) is -1.58. The van der Waals surface area contributed by atoms with Crippen molar-refractivity contribution in [3.8, 4) is 5.75 Å². The second kappa shape index (κ2) is 9.01. The summed E-state index contributed by atoms with van der Waals surface area (Å²) in [6, 6.07) is 12.2. The Morgan fingerprint density at radius 2 is 1.90 bits per heavy atom. The zero-order chi connectivity index (χ0) is 22.8. The number of hydrogen-bond acceptors (Lipinski definition) is 4. The van der Waals surface area contributed by atoms with Gasteiger partial charge in [0.25, 0.3) is 5.91 Å². The van der Waals surface area contributed by atoms with Gasteiger partial charge in [-0.3, -0.25) is 14.5 Å². The number of halogens is 3. The molecule has 1 N–H and O–H groups in total. The molecule has 3 rings (SSSR count). The van der Waals surface area contributed by atoms with Gasteiger partial charge in [-0.1, -0.05) is 40.2 Å². The molecule has 4 amide bonds. The quantitative estimate of drug-likeness (QED) is 0.596. The predicted octanol–water partition coefficient (Wildman–Crippen LogP) is 3.48. The van der Waals surface area contributed by atoms with E-state index >= 15 is 0 Å². The van der Waals surface area contributed by atoms with Crippen LogP contribution in [0.2, 0.25) is 0 Å². The van der Waals surface area contributed by atoms with Crippen LogP contribution in [0.15, 0.2) is 53.0 Å². The van der Waals surface area contributed by atoms with Gasteiger partial charge < -0.3 is 15.0 Å². The van der Waals surface area contributed by atoms with Crippen LogP contribution < -0.4 is 10.1 Å². The van der Waals surface area contributed by atoms with Gasteiger partial charge in [-0.05, 0) is 42.3 Å². The number of ether oxygens (including phenoxy) is 1. The SMILES string of the molecule is CN(Cc1ccc(OC(F)F)cc1)C(=O)CN1C(=O)N[C@@](C)(c2cccc(Br)c2)C1=O. The van der Waals surface area contributed by atoms with Crippen LogP contribution in [0.3, 0.4) is 0 Å². The summed E-state index contributed by atoms with van der Waals surface area (Å²) in [6.07, 6.45) is 0. The molecule has 7 nitrogen and oxygen atoms in total. The number of nitrogens with one attached hydrogen (secondary N) is 1. The van der Waals surface area contributed by atoms with Gasteiger partial charge in [-0.15, -0.1) is 0 Å². The van der Waals surface area contributed by atoms with Gasteiger partial charge >= 0.3 is 12.6 Å². The standard InChI is InChI=1S/C21H20BrF2N3O4/c1-21(14-4-3-5-15(22)10-14)18(29)27(20(30)25-21)12-17(28)26(2)11-13-6-8-16(9-7-13)31-19(23)24/h3-10,19H,11-12H2,1-2H3,(H,25,30)/t21-/m0/s1. The van der Waals surface area contributed by atoms with Crippen LogP contribution in [0, 0.1) is 0 Å². The number of rotatable bonds is 7. The third-order valence-corrected chi connectivity index (χ3v) is 5.46. The summed E-state index contributed by atoms with van der Waals surface area (Å²) in [5.41, 5.74) is -0.0106. The van der Waals surface area contributed by atoms with Gasteiger partial charge in [0.15, 0.2) is 0 Å². The molecule has 1 aliphatic rings. The number of likely N-dealkylation sites (N-methyl/N-ethyl adjacent to an activating group) is 1. The Morgan fingerprint density at radius 3 is 2.52 bits per heavy atom. The molecule has 164 valence electrons. The van der Waals surface area contributed by atoms with Crippen molar-refractivity contribution in [3.63, 3.8) is 0 Å². The highest BCUT2D eigenvalue weighted by atomic mass is 79.9. The highest BCUT2D eigenvalue weighted by molar-refractivity contribution is 9.10. The van der Waals surface area contributed by atoms with Gasteiger partial charge in [0.1, 0.15) is 17.8 Å². The first-order valence-corrected chi connectivity index (χ1v) is 10.1. The minimum Gasteiger partial charge on any atom is -0.435 e. The van der Waals surface area contributed by atoms with Crippen molar-refractivity contribution in [2.45, 2.75) is 25.6 Å². The van der Waals surface area contributed by atoms with Crippen LogP contribution in [0.5, 0.6) is 5.75 Å². The van der Waals surface area contributed by atoms with Gasteiger partial charge in [-0.2, -0.15) is 8.78 Å². The highest BCUT2D eigenvalue weighted by Crippen LogP contribution is 2.30. The van der Waals surface area contributed by atoms with Gasteiger partial charge in [0.05, 0.1) is 0 Å². The van der Waals surface area contributed by atoms with Crippen LogP contribution in [0.1, 0.15) is 18.1 Å². The van der Waals surface area contributed by atoms with Crippen LogP contribution in [-0.4, -0.2) is 47.8 Å². The van der Waals surface area contributed by atoms with E-state index in [-0.39, 0.29) is 12.3 Å². The number of hydrogen-bond donors (Lipinski definition) is 1. The van der Waals surface area contributed by atoms with Crippen LogP contribution in [0.4, 0.5) is 13.6 Å². The van der Waals surface area contributed by atoms with E-state index in [1.54, 1.807) is 43.3 Å². The number of carbonyl (C=O) groups excluding carboxylic acids is 3. The summed E-state index contributed by atoms with van der Waals surface area (Å²) in [5, 5.41) is 2.66. The molecule has 0 spiro atoms. The van der Waals surface area contributed by atoms with E-state index in [0.717, 1.165) is 9.37 Å². The highest BCUT2D eigenvalue weighted by Gasteiger charge is 2.49. The minimum atomic E-state index is -2.91. The van der Waals surface area contributed by atoms with Crippen molar-refractivity contribution in [1.29, 1.82) is 0 Å². The Bertz CT molecular complexity index is 1000. The van der Waals surface area contributed by atoms with E-state index in [4.69, 9.17) is 0 Å². The molecule has 1 fully saturated rings. The lowest BCUT2D eigenvalue weighted by molar-refractivity contribution is -0.138. The summed E-state index contributed by atoms with van der Waals surface area (Å²) in [7, 11) is 1.53. The van der Waals surface area contributed by atoms with E-state index in [1.165, 1.54) is 24.1 Å². The van der Waals surface area contributed by atoms with E-state index in [0.29, 0.717) is 11.1 Å². The van der Waals surface area contributed by atoms with E-state index in [9.17, 15) is 23.2 Å². The number of alkyl halides is 2. The first-order chi connectivity index (χ1) is 14.6. The fourth-order valence-corrected chi connectivity index (χ4v) is 3.63. The molecule has 1 heterocycles. The average Bonchev–Trinajstić information content (AvgIpc) is 2.93. The maximum Gasteiger partial charge on any atom is 0.387 e. The third kappa shape index (κ3) is 5.01. The van der Waals surface area contributed by atoms with E-state index in [1.807, 2.05) is 0 Å². The summed E-state index contributed by atoms with van der Waals surface area (Å²) < 4.78 is 29.5. The molecule has 31 heavy (non-hydrogen) atoms. The maximum absolute atomic E-state index is 13.0. The van der Waals surface area contributed by atoms with Gasteiger partial charge in [0.2, 0.25) is 5.91 Å². The summed E-state index contributed by atoms with van der Waals surface area (Å²) >= 11 is 3.35. The first-order valence-electron chi connectivity index (χ1n) is 9.28. The lowest BCUT2D eigenvalue weighted by Crippen LogP contribution is -2.43. The molecule has 2 aromatic rings. The molecule has 1 saturated heterocycles. The molecular formula is C21H20BrF2N3O4. The molecular weight excluding hydrogens is 476 g/mol. The van der Waals surface area contributed by atoms with E-state index < -0.39 is 36.5 Å². The largest absolute Gasteiger partial charge is 0.435 e. The topological polar surface area (TPSA) is 79.0 Å². The lowest BCUT2D eigenvalue weighted by Gasteiger charge is -2.23. The normalized spacial score (nSPS) is 18.3. The number of carbonyl (C=O) groups is 3. The average molecular weight is 496 g/mol. The van der Waals surface area contributed by atoms with Crippen molar-refractivity contribution >= 4 is 33.8 Å². The predicted molar refractivity (Wildman–Crippen MR) is 111 cm³/mol. The summed E-state index contributed by atoms with van der Waals surface area (Å²) in [4.78, 5) is 40.3. The van der Waals surface area contributed by atoms with E-state index in [2.05, 4.69) is 26.0 Å². The zero-order valence-electron chi connectivity index (χ0n) is 16.8. The molecule has 2 aromatic carbocycles. The van der Waals surface area contributed by atoms with Gasteiger partial charge in [0, 0.05) is 18.1 Å². The second-order valence-electron chi connectivity index (χ2n) is 7.23. The molecule has 0 unspecified atom stereocenters. The molecule has 1 aliphatic heterocycles. The Labute approximate surface area is 186 Å². The van der Waals surface area contributed by atoms with Crippen molar-refractivity contribution in [3.05, 3.63) is 64.1 Å². The molecule has 0 aromatic heterocycles. The first kappa shape index (κ1) is 22.7. The Balaban J connectivity index is 1.65. The van der Waals surface area contributed by atoms with Crippen LogP contribution in [0.25, 0.3) is 0 Å². The lowest BCUT2D eigenvalue weighted by atomic mass is 9.92. The molecule has 0 bridgehead atoms. The minimum absolute atomic E-state index is 0.0129. The molecule has 10 heteroatoms. The van der Waals surface area contributed by atoms with Crippen molar-refractivity contribution in [1.82, 2.24) is 15.1 Å². The zero-order valence-corrected chi connectivity index (χ0v) is 18.4. The number of nitrogens with zero attached hydrogens (tertiary/aromatic N) is 2. The Hall–Kier alpha value is -3.01. The van der Waals surface area contributed by atoms with Crippen molar-refractivity contribution in [2.75, 3.05) is 13.6 Å². The Morgan fingerprint density at radius 1 is 1.23 bits per heavy atom. The monoisotopic (exact) mass is 495 g/mol. The molecule has 0 radical (unpaired) electrons. The second-order valence-corrected chi connectivity index (χ2v) is 8.14. The fraction of sp³-hybridized carbons (Fsp3) is 0.286. The van der Waals surface area contributed by atoms with Gasteiger partial charge in [-0.25, -0.2) is 4.79 Å². The molecule has 1 atom stereocenters. The van der Waals surface area contributed by atoms with Crippen molar-refractivity contribution < 1.29 is 27.9 Å². The Kier molecular flexibility index (Phi) is 6.59. The fourth-order valence-electron chi connectivity index (χ4n) is 3.23. The maximum atomic E-state index is 13.0. The molecule has 0 aliphatic carbocycles. The van der Waals surface area contributed by atoms with Crippen molar-refractivity contribution in [2.24, 2.45) is 0 Å². The number of benzene rings is 2. The number of imide groups is 1. The third-order valence-electron chi connectivity index (χ3n) is 4.96. The van der Waals surface area contributed by atoms with Crippen LogP contribution in [-0.2, 0) is 21.7 Å². The molecule has 0 saturated carbocycles. The van der Waals surface area contributed by atoms with Crippen LogP contribution >= 0.6 is 15.9 Å².